The molecule has 1 saturated heterocycles. The lowest BCUT2D eigenvalue weighted by molar-refractivity contribution is 0.144. The summed E-state index contributed by atoms with van der Waals surface area (Å²) >= 11 is 3.79. The Kier molecular flexibility index (Phi) is 4.72. The van der Waals surface area contributed by atoms with E-state index in [0.717, 1.165) is 5.75 Å². The van der Waals surface area contributed by atoms with Gasteiger partial charge < -0.3 is 5.11 Å². The van der Waals surface area contributed by atoms with Crippen molar-refractivity contribution in [1.29, 1.82) is 0 Å². The van der Waals surface area contributed by atoms with Crippen molar-refractivity contribution in [3.05, 3.63) is 0 Å². The third kappa shape index (κ3) is 3.26. The molecule has 3 heteroatoms. The normalized spacial score (nSPS) is 31.1. The second kappa shape index (κ2) is 5.33. The lowest BCUT2D eigenvalue weighted by Crippen LogP contribution is -2.17. The van der Waals surface area contributed by atoms with Gasteiger partial charge in [-0.1, -0.05) is 0 Å². The summed E-state index contributed by atoms with van der Waals surface area (Å²) < 4.78 is 0. The van der Waals surface area contributed by atoms with E-state index in [1.807, 2.05) is 23.5 Å². The van der Waals surface area contributed by atoms with E-state index in [2.05, 4.69) is 6.26 Å². The zero-order chi connectivity index (χ0) is 8.10. The topological polar surface area (TPSA) is 20.2 Å². The van der Waals surface area contributed by atoms with Crippen LogP contribution in [0.15, 0.2) is 0 Å². The van der Waals surface area contributed by atoms with E-state index >= 15 is 0 Å². The smallest absolute Gasteiger partial charge is 0.0666 e. The number of aliphatic hydroxyl groups excluding tert-OH is 1. The van der Waals surface area contributed by atoms with Crippen LogP contribution in [-0.4, -0.2) is 34.7 Å². The van der Waals surface area contributed by atoms with E-state index in [4.69, 9.17) is 0 Å². The molecule has 1 rings (SSSR count). The standard InChI is InChI=1S/C8H16OS2/c1-10-4-2-3-7-5-11-6-8(7)9/h7-9H,2-6H2,1H3. The lowest BCUT2D eigenvalue weighted by Gasteiger charge is -2.11. The summed E-state index contributed by atoms with van der Waals surface area (Å²) in [5.41, 5.74) is 0. The van der Waals surface area contributed by atoms with Crippen molar-refractivity contribution >= 4 is 23.5 Å². The summed E-state index contributed by atoms with van der Waals surface area (Å²) in [6.07, 6.45) is 4.61. The molecule has 0 aromatic carbocycles. The van der Waals surface area contributed by atoms with Crippen molar-refractivity contribution in [2.45, 2.75) is 18.9 Å². The fourth-order valence-electron chi connectivity index (χ4n) is 1.35. The third-order valence-corrected chi connectivity index (χ3v) is 4.03. The van der Waals surface area contributed by atoms with Gasteiger partial charge in [0.15, 0.2) is 0 Å². The lowest BCUT2D eigenvalue weighted by atomic mass is 10.0. The minimum atomic E-state index is -0.0122. The highest BCUT2D eigenvalue weighted by Gasteiger charge is 2.24. The summed E-state index contributed by atoms with van der Waals surface area (Å²) in [6.45, 7) is 0. The highest BCUT2D eigenvalue weighted by atomic mass is 32.2. The fraction of sp³-hybridized carbons (Fsp3) is 1.00. The van der Waals surface area contributed by atoms with Crippen LogP contribution < -0.4 is 0 Å². The van der Waals surface area contributed by atoms with E-state index in [-0.39, 0.29) is 6.10 Å². The van der Waals surface area contributed by atoms with Gasteiger partial charge >= 0.3 is 0 Å². The average molecular weight is 192 g/mol. The minimum Gasteiger partial charge on any atom is -0.392 e. The van der Waals surface area contributed by atoms with Crippen LogP contribution in [0.5, 0.6) is 0 Å². The first-order valence-electron chi connectivity index (χ1n) is 4.09. The number of hydrogen-bond donors (Lipinski definition) is 1. The van der Waals surface area contributed by atoms with Gasteiger partial charge in [0.2, 0.25) is 0 Å². The molecule has 0 aromatic rings. The first-order chi connectivity index (χ1) is 5.34. The molecule has 0 aliphatic carbocycles. The average Bonchev–Trinajstić information content (AvgIpc) is 2.37. The van der Waals surface area contributed by atoms with Gasteiger partial charge in [0.05, 0.1) is 6.10 Å². The molecule has 1 fully saturated rings. The van der Waals surface area contributed by atoms with Crippen LogP contribution in [0.1, 0.15) is 12.8 Å². The van der Waals surface area contributed by atoms with Crippen LogP contribution >= 0.6 is 23.5 Å². The van der Waals surface area contributed by atoms with Crippen molar-refractivity contribution in [3.63, 3.8) is 0 Å². The number of rotatable bonds is 4. The third-order valence-electron chi connectivity index (χ3n) is 2.09. The first kappa shape index (κ1) is 9.75. The Bertz CT molecular complexity index is 108. The zero-order valence-electron chi connectivity index (χ0n) is 6.95. The number of aliphatic hydroxyl groups is 1. The van der Waals surface area contributed by atoms with E-state index in [1.165, 1.54) is 24.3 Å². The summed E-state index contributed by atoms with van der Waals surface area (Å²) in [6, 6.07) is 0. The summed E-state index contributed by atoms with van der Waals surface area (Å²) in [4.78, 5) is 0. The van der Waals surface area contributed by atoms with Gasteiger partial charge in [0, 0.05) is 5.75 Å². The van der Waals surface area contributed by atoms with Crippen molar-refractivity contribution < 1.29 is 5.11 Å². The second-order valence-electron chi connectivity index (χ2n) is 3.00. The van der Waals surface area contributed by atoms with Crippen molar-refractivity contribution in [3.8, 4) is 0 Å². The molecular formula is C8H16OS2. The van der Waals surface area contributed by atoms with Crippen LogP contribution in [-0.2, 0) is 0 Å². The maximum absolute atomic E-state index is 9.46. The maximum Gasteiger partial charge on any atom is 0.0666 e. The summed E-state index contributed by atoms with van der Waals surface area (Å²) in [7, 11) is 0. The summed E-state index contributed by atoms with van der Waals surface area (Å²) in [5.74, 6) is 3.97. The molecule has 0 spiro atoms. The Balaban J connectivity index is 2.05. The van der Waals surface area contributed by atoms with Gasteiger partial charge in [-0.2, -0.15) is 23.5 Å². The molecule has 1 heterocycles. The predicted molar refractivity (Wildman–Crippen MR) is 54.4 cm³/mol. The molecule has 2 atom stereocenters. The molecule has 1 aliphatic rings. The Hall–Kier alpha value is 0.660. The largest absolute Gasteiger partial charge is 0.392 e. The van der Waals surface area contributed by atoms with Gasteiger partial charge in [-0.15, -0.1) is 0 Å². The van der Waals surface area contributed by atoms with Crippen molar-refractivity contribution in [1.82, 2.24) is 0 Å². The highest BCUT2D eigenvalue weighted by Crippen LogP contribution is 2.27. The van der Waals surface area contributed by atoms with Gasteiger partial charge in [-0.05, 0) is 36.5 Å². The Morgan fingerprint density at radius 2 is 2.36 bits per heavy atom. The SMILES string of the molecule is CSCCCC1CSCC1O. The van der Waals surface area contributed by atoms with Gasteiger partial charge in [0.1, 0.15) is 0 Å². The maximum atomic E-state index is 9.46. The van der Waals surface area contributed by atoms with Crippen molar-refractivity contribution in [2.24, 2.45) is 5.92 Å². The Morgan fingerprint density at radius 1 is 1.55 bits per heavy atom. The van der Waals surface area contributed by atoms with Crippen LogP contribution in [0.25, 0.3) is 0 Å². The van der Waals surface area contributed by atoms with Crippen molar-refractivity contribution in [2.75, 3.05) is 23.5 Å². The first-order valence-corrected chi connectivity index (χ1v) is 6.64. The van der Waals surface area contributed by atoms with Crippen LogP contribution in [0.2, 0.25) is 0 Å². The minimum absolute atomic E-state index is 0.0122. The molecule has 1 aliphatic heterocycles. The van der Waals surface area contributed by atoms with E-state index in [0.29, 0.717) is 5.92 Å². The Morgan fingerprint density at radius 3 is 2.91 bits per heavy atom. The number of thioether (sulfide) groups is 2. The molecule has 1 N–H and O–H groups in total. The van der Waals surface area contributed by atoms with Crippen LogP contribution in [0.4, 0.5) is 0 Å². The summed E-state index contributed by atoms with van der Waals surface area (Å²) in [5, 5.41) is 9.46. The number of hydrogen-bond acceptors (Lipinski definition) is 3. The molecule has 0 aromatic heterocycles. The zero-order valence-corrected chi connectivity index (χ0v) is 8.59. The van der Waals surface area contributed by atoms with Gasteiger partial charge in [0.25, 0.3) is 0 Å². The van der Waals surface area contributed by atoms with Gasteiger partial charge in [-0.3, -0.25) is 0 Å². The molecule has 66 valence electrons. The molecular weight excluding hydrogens is 176 g/mol. The predicted octanol–water partition coefficient (Wildman–Crippen LogP) is 1.85. The quantitative estimate of drug-likeness (QED) is 0.687. The van der Waals surface area contributed by atoms with E-state index < -0.39 is 0 Å². The molecule has 11 heavy (non-hydrogen) atoms. The Labute approximate surface area is 77.3 Å². The van der Waals surface area contributed by atoms with E-state index in [9.17, 15) is 5.11 Å². The molecule has 2 unspecified atom stereocenters. The molecule has 1 nitrogen and oxygen atoms in total. The fourth-order valence-corrected chi connectivity index (χ4v) is 3.15. The molecule has 0 saturated carbocycles. The highest BCUT2D eigenvalue weighted by molar-refractivity contribution is 7.99. The molecule has 0 radical (unpaired) electrons. The van der Waals surface area contributed by atoms with Crippen LogP contribution in [0, 0.1) is 5.92 Å². The monoisotopic (exact) mass is 192 g/mol. The second-order valence-corrected chi connectivity index (χ2v) is 5.06. The van der Waals surface area contributed by atoms with Crippen LogP contribution in [0.3, 0.4) is 0 Å². The van der Waals surface area contributed by atoms with E-state index in [1.54, 1.807) is 0 Å². The molecule has 0 amide bonds. The molecule has 0 bridgehead atoms. The van der Waals surface area contributed by atoms with Gasteiger partial charge in [-0.25, -0.2) is 0 Å².